The van der Waals surface area contributed by atoms with E-state index >= 15 is 0 Å². The van der Waals surface area contributed by atoms with Crippen LogP contribution in [0.1, 0.15) is 30.0 Å². The molecule has 0 saturated carbocycles. The second-order valence-corrected chi connectivity index (χ2v) is 10.7. The minimum atomic E-state index is -0.737. The van der Waals surface area contributed by atoms with Crippen molar-refractivity contribution in [1.29, 1.82) is 0 Å². The fourth-order valence-corrected chi connectivity index (χ4v) is 7.82. The molecule has 0 heterocycles. The molecule has 0 amide bonds. The van der Waals surface area contributed by atoms with Crippen molar-refractivity contribution in [3.05, 3.63) is 92.8 Å². The molecular weight excluding hydrogens is 414 g/mol. The third kappa shape index (κ3) is 3.40. The molecule has 0 radical (unpaired) electrons. The van der Waals surface area contributed by atoms with E-state index in [9.17, 15) is 0 Å². The number of fused-ring (bicyclic) bond motifs is 1. The fourth-order valence-electron chi connectivity index (χ4n) is 3.51. The Labute approximate surface area is 168 Å². The zero-order valence-electron chi connectivity index (χ0n) is 13.5. The molecule has 3 heteroatoms. The SMILES string of the molecule is C[C]1([Zr+2][C]2=CC=CC2)C(c2ccccc2)=Cc2ccccc21.[Cl-].[Cl-]. The van der Waals surface area contributed by atoms with Gasteiger partial charge in [0.25, 0.3) is 0 Å². The van der Waals surface area contributed by atoms with Gasteiger partial charge in [-0.15, -0.1) is 0 Å². The van der Waals surface area contributed by atoms with E-state index in [4.69, 9.17) is 0 Å². The first-order valence-electron chi connectivity index (χ1n) is 7.78. The average molecular weight is 433 g/mol. The van der Waals surface area contributed by atoms with E-state index in [-0.39, 0.29) is 27.9 Å². The molecule has 4 rings (SSSR count). The minimum absolute atomic E-state index is 0. The standard InChI is InChI=1S/C16H13.C5H5.2ClH.Zr/c1-12-15-10-6-5-9-14(15)11-16(12)13-7-3-2-4-8-13;1-2-4-5-3-1;;;/h2-11H,1H3;1-3H,4H2;2*1H;/q;;;;+2/p-2. The zero-order chi connectivity index (χ0) is 15.0. The third-order valence-electron chi connectivity index (χ3n) is 4.60. The summed E-state index contributed by atoms with van der Waals surface area (Å²) in [5.41, 5.74) is 5.85. The molecule has 0 bridgehead atoms. The van der Waals surface area contributed by atoms with Crippen LogP contribution in [0.4, 0.5) is 0 Å². The van der Waals surface area contributed by atoms with E-state index in [0.29, 0.717) is 0 Å². The molecule has 0 spiro atoms. The number of halogens is 2. The predicted octanol–water partition coefficient (Wildman–Crippen LogP) is -0.610. The summed E-state index contributed by atoms with van der Waals surface area (Å²) in [7, 11) is 0. The van der Waals surface area contributed by atoms with Crippen LogP contribution >= 0.6 is 0 Å². The molecule has 2 aromatic rings. The van der Waals surface area contributed by atoms with Crippen molar-refractivity contribution < 1.29 is 48.0 Å². The van der Waals surface area contributed by atoms with Crippen LogP contribution in [-0.2, 0) is 26.4 Å². The molecule has 0 N–H and O–H groups in total. The van der Waals surface area contributed by atoms with Crippen LogP contribution in [0.2, 0.25) is 0 Å². The minimum Gasteiger partial charge on any atom is -1.00 e. The number of rotatable bonds is 3. The Balaban J connectivity index is 0.00000104. The van der Waals surface area contributed by atoms with Crippen LogP contribution < -0.4 is 24.8 Å². The largest absolute Gasteiger partial charge is 1.00 e. The van der Waals surface area contributed by atoms with Crippen molar-refractivity contribution >= 4 is 11.6 Å². The molecule has 2 aliphatic rings. The molecule has 0 aliphatic heterocycles. The van der Waals surface area contributed by atoms with Crippen LogP contribution in [0.5, 0.6) is 0 Å². The maximum absolute atomic E-state index is 2.48. The first-order valence-corrected chi connectivity index (χ1v) is 10.2. The summed E-state index contributed by atoms with van der Waals surface area (Å²) in [6, 6.07) is 19.9. The Bertz CT molecular complexity index is 806. The van der Waals surface area contributed by atoms with Gasteiger partial charge in [0.15, 0.2) is 0 Å². The average Bonchev–Trinajstić information content (AvgIpc) is 3.15. The maximum atomic E-state index is 2.48. The Morgan fingerprint density at radius 2 is 1.62 bits per heavy atom. The Morgan fingerprint density at radius 3 is 2.33 bits per heavy atom. The van der Waals surface area contributed by atoms with Crippen LogP contribution in [0.25, 0.3) is 11.6 Å². The first kappa shape index (κ1) is 19.4. The molecule has 1 atom stereocenters. The topological polar surface area (TPSA) is 0 Å². The van der Waals surface area contributed by atoms with Gasteiger partial charge in [-0.3, -0.25) is 0 Å². The van der Waals surface area contributed by atoms with E-state index in [2.05, 4.69) is 85.8 Å². The molecule has 0 nitrogen and oxygen atoms in total. The monoisotopic (exact) mass is 430 g/mol. The summed E-state index contributed by atoms with van der Waals surface area (Å²) >= 11 is -0.737. The van der Waals surface area contributed by atoms with E-state index in [1.165, 1.54) is 28.7 Å². The van der Waals surface area contributed by atoms with Crippen molar-refractivity contribution in [2.24, 2.45) is 0 Å². The molecule has 0 aromatic heterocycles. The van der Waals surface area contributed by atoms with E-state index < -0.39 is 23.2 Å². The summed E-state index contributed by atoms with van der Waals surface area (Å²) in [4.78, 5) is 0. The second kappa shape index (κ2) is 8.00. The number of benzene rings is 2. The summed E-state index contributed by atoms with van der Waals surface area (Å²) < 4.78 is 1.93. The van der Waals surface area contributed by atoms with Gasteiger partial charge in [-0.25, -0.2) is 0 Å². The number of hydrogen-bond acceptors (Lipinski definition) is 0. The summed E-state index contributed by atoms with van der Waals surface area (Å²) in [5, 5.41) is 0. The number of allylic oxidation sites excluding steroid dienone is 5. The van der Waals surface area contributed by atoms with Gasteiger partial charge >= 0.3 is 144 Å². The Hall–Kier alpha value is -0.877. The van der Waals surface area contributed by atoms with Crippen LogP contribution in [0, 0.1) is 0 Å². The van der Waals surface area contributed by atoms with E-state index in [1.807, 2.05) is 0 Å². The van der Waals surface area contributed by atoms with Gasteiger partial charge in [0.2, 0.25) is 0 Å². The van der Waals surface area contributed by atoms with Crippen molar-refractivity contribution in [2.75, 3.05) is 0 Å². The van der Waals surface area contributed by atoms with Gasteiger partial charge < -0.3 is 24.8 Å². The molecule has 2 aromatic carbocycles. The quantitative estimate of drug-likeness (QED) is 0.607. The third-order valence-corrected chi connectivity index (χ3v) is 8.86. The van der Waals surface area contributed by atoms with E-state index in [0.717, 1.165) is 0 Å². The van der Waals surface area contributed by atoms with Crippen LogP contribution in [0.15, 0.2) is 76.1 Å². The molecule has 1 unspecified atom stereocenters. The van der Waals surface area contributed by atoms with Crippen molar-refractivity contribution in [3.8, 4) is 0 Å². The predicted molar refractivity (Wildman–Crippen MR) is 89.9 cm³/mol. The number of hydrogen-bond donors (Lipinski definition) is 0. The van der Waals surface area contributed by atoms with Crippen molar-refractivity contribution in [2.45, 2.75) is 16.5 Å². The molecule has 0 fully saturated rings. The summed E-state index contributed by atoms with van der Waals surface area (Å²) in [5.74, 6) is 0. The summed E-state index contributed by atoms with van der Waals surface area (Å²) in [6.45, 7) is 2.48. The molecule has 24 heavy (non-hydrogen) atoms. The first-order chi connectivity index (χ1) is 10.8. The van der Waals surface area contributed by atoms with E-state index in [1.54, 1.807) is 3.28 Å². The van der Waals surface area contributed by atoms with Gasteiger partial charge in [-0.1, -0.05) is 0 Å². The zero-order valence-corrected chi connectivity index (χ0v) is 17.4. The normalized spacial score (nSPS) is 20.2. The van der Waals surface area contributed by atoms with Crippen LogP contribution in [-0.4, -0.2) is 0 Å². The molecular formula is C21H18Cl2Zr. The van der Waals surface area contributed by atoms with Gasteiger partial charge in [0, 0.05) is 0 Å². The fraction of sp³-hybridized carbons (Fsp3) is 0.143. The molecule has 120 valence electrons. The summed E-state index contributed by atoms with van der Waals surface area (Å²) in [6.07, 6.45) is 10.5. The van der Waals surface area contributed by atoms with Gasteiger partial charge in [0.1, 0.15) is 0 Å². The Morgan fingerprint density at radius 1 is 0.917 bits per heavy atom. The molecule has 0 saturated heterocycles. The molecule has 2 aliphatic carbocycles. The van der Waals surface area contributed by atoms with Gasteiger partial charge in [-0.2, -0.15) is 0 Å². The van der Waals surface area contributed by atoms with Crippen molar-refractivity contribution in [1.82, 2.24) is 0 Å². The maximum Gasteiger partial charge on any atom is -1.00 e. The second-order valence-electron chi connectivity index (χ2n) is 6.09. The van der Waals surface area contributed by atoms with Crippen molar-refractivity contribution in [3.63, 3.8) is 0 Å². The smallest absolute Gasteiger partial charge is 1.00 e. The van der Waals surface area contributed by atoms with Gasteiger partial charge in [-0.05, 0) is 0 Å². The Kier molecular flexibility index (Phi) is 6.48. The van der Waals surface area contributed by atoms with Gasteiger partial charge in [0.05, 0.1) is 0 Å². The van der Waals surface area contributed by atoms with Crippen LogP contribution in [0.3, 0.4) is 0 Å².